The fourth-order valence-corrected chi connectivity index (χ4v) is 5.19. The molecule has 4 rings (SSSR count). The average molecular weight is 453 g/mol. The molecule has 6 nitrogen and oxygen atoms in total. The van der Waals surface area contributed by atoms with E-state index >= 15 is 0 Å². The lowest BCUT2D eigenvalue weighted by molar-refractivity contribution is 0.0637. The molecule has 170 valence electrons. The zero-order chi connectivity index (χ0) is 22.5. The highest BCUT2D eigenvalue weighted by Gasteiger charge is 2.26. The number of likely N-dealkylation sites (tertiary alicyclic amines) is 1. The minimum atomic E-state index is 0.167. The summed E-state index contributed by atoms with van der Waals surface area (Å²) in [4.78, 5) is 18.0. The van der Waals surface area contributed by atoms with Crippen LogP contribution in [-0.4, -0.2) is 52.2 Å². The van der Waals surface area contributed by atoms with Crippen molar-refractivity contribution in [2.45, 2.75) is 32.9 Å². The summed E-state index contributed by atoms with van der Waals surface area (Å²) in [5.74, 6) is 1.43. The van der Waals surface area contributed by atoms with E-state index in [1.165, 1.54) is 22.5 Å². The van der Waals surface area contributed by atoms with Crippen molar-refractivity contribution in [3.63, 3.8) is 0 Å². The maximum atomic E-state index is 12.9. The Morgan fingerprint density at radius 3 is 2.88 bits per heavy atom. The molecule has 1 amide bonds. The van der Waals surface area contributed by atoms with Crippen molar-refractivity contribution in [2.24, 2.45) is 13.0 Å². The molecule has 2 aromatic heterocycles. The highest BCUT2D eigenvalue weighted by molar-refractivity contribution is 7.12. The van der Waals surface area contributed by atoms with E-state index in [2.05, 4.69) is 35.2 Å². The van der Waals surface area contributed by atoms with Gasteiger partial charge < -0.3 is 9.64 Å². The smallest absolute Gasteiger partial charge is 0.264 e. The van der Waals surface area contributed by atoms with Crippen LogP contribution in [0, 0.1) is 12.8 Å². The fraction of sp³-hybridized carbons (Fsp3) is 0.440. The SMILES string of the molecule is Cc1ccsc1C(=O)N1CCC[C@H](COc2cccc(CN(C)Cc3cnn(C)c3)c2)C1. The molecule has 0 spiro atoms. The Bertz CT molecular complexity index is 1040. The fourth-order valence-electron chi connectivity index (χ4n) is 4.30. The van der Waals surface area contributed by atoms with Crippen LogP contribution >= 0.6 is 11.3 Å². The molecule has 1 aliphatic heterocycles. The van der Waals surface area contributed by atoms with Crippen LogP contribution in [0.25, 0.3) is 0 Å². The van der Waals surface area contributed by atoms with E-state index in [0.717, 1.165) is 55.2 Å². The van der Waals surface area contributed by atoms with Crippen molar-refractivity contribution in [1.29, 1.82) is 0 Å². The van der Waals surface area contributed by atoms with Crippen LogP contribution in [0.3, 0.4) is 0 Å². The Kier molecular flexibility index (Phi) is 7.27. The number of carbonyl (C=O) groups excluding carboxylic acids is 1. The number of ether oxygens (including phenoxy) is 1. The molecule has 1 saturated heterocycles. The number of amides is 1. The molecule has 0 radical (unpaired) electrons. The van der Waals surface area contributed by atoms with E-state index in [0.29, 0.717) is 12.5 Å². The summed E-state index contributed by atoms with van der Waals surface area (Å²) in [6.45, 7) is 5.96. The molecule has 1 fully saturated rings. The van der Waals surface area contributed by atoms with E-state index in [1.807, 2.05) is 53.5 Å². The van der Waals surface area contributed by atoms with Crippen LogP contribution in [0.5, 0.6) is 5.75 Å². The number of nitrogens with zero attached hydrogens (tertiary/aromatic N) is 4. The lowest BCUT2D eigenvalue weighted by atomic mass is 9.98. The maximum absolute atomic E-state index is 12.9. The minimum Gasteiger partial charge on any atom is -0.493 e. The predicted octanol–water partition coefficient (Wildman–Crippen LogP) is 4.35. The molecule has 0 unspecified atom stereocenters. The summed E-state index contributed by atoms with van der Waals surface area (Å²) in [5.41, 5.74) is 3.50. The quantitative estimate of drug-likeness (QED) is 0.510. The number of carbonyl (C=O) groups is 1. The summed E-state index contributed by atoms with van der Waals surface area (Å²) >= 11 is 1.54. The molecule has 0 N–H and O–H groups in total. The van der Waals surface area contributed by atoms with Gasteiger partial charge in [-0.2, -0.15) is 5.10 Å². The van der Waals surface area contributed by atoms with Crippen LogP contribution in [-0.2, 0) is 20.1 Å². The van der Waals surface area contributed by atoms with E-state index in [4.69, 9.17) is 4.74 Å². The van der Waals surface area contributed by atoms with Crippen molar-refractivity contribution in [2.75, 3.05) is 26.7 Å². The van der Waals surface area contributed by atoms with Crippen LogP contribution in [0.1, 0.15) is 39.2 Å². The molecule has 0 saturated carbocycles. The van der Waals surface area contributed by atoms with Crippen molar-refractivity contribution in [3.8, 4) is 5.75 Å². The van der Waals surface area contributed by atoms with Gasteiger partial charge in [0.25, 0.3) is 5.91 Å². The average Bonchev–Trinajstić information content (AvgIpc) is 3.39. The van der Waals surface area contributed by atoms with Gasteiger partial charge in [-0.05, 0) is 61.5 Å². The molecule has 3 aromatic rings. The summed E-state index contributed by atoms with van der Waals surface area (Å²) in [5, 5.41) is 6.23. The third-order valence-corrected chi connectivity index (χ3v) is 6.91. The second-order valence-electron chi connectivity index (χ2n) is 8.85. The predicted molar refractivity (Wildman–Crippen MR) is 128 cm³/mol. The zero-order valence-electron chi connectivity index (χ0n) is 19.2. The van der Waals surface area contributed by atoms with Gasteiger partial charge in [-0.15, -0.1) is 11.3 Å². The van der Waals surface area contributed by atoms with Gasteiger partial charge in [-0.1, -0.05) is 12.1 Å². The summed E-state index contributed by atoms with van der Waals surface area (Å²) < 4.78 is 8.00. The van der Waals surface area contributed by atoms with E-state index in [-0.39, 0.29) is 5.91 Å². The van der Waals surface area contributed by atoms with Gasteiger partial charge in [0.05, 0.1) is 17.7 Å². The standard InChI is InChI=1S/C25H32N4O2S/c1-19-9-11-32-24(19)25(30)29-10-5-7-21(17-29)18-31-23-8-4-6-20(12-23)14-27(2)15-22-13-26-28(3)16-22/h4,6,8-9,11-13,16,21H,5,7,10,14-15,17-18H2,1-3H3/t21-/m0/s1. The van der Waals surface area contributed by atoms with Crippen LogP contribution in [0.2, 0.25) is 0 Å². The molecule has 1 atom stereocenters. The highest BCUT2D eigenvalue weighted by atomic mass is 32.1. The summed E-state index contributed by atoms with van der Waals surface area (Å²) in [7, 11) is 4.05. The van der Waals surface area contributed by atoms with Crippen LogP contribution in [0.15, 0.2) is 48.1 Å². The molecule has 7 heteroatoms. The van der Waals surface area contributed by atoms with Gasteiger partial charge in [0.15, 0.2) is 0 Å². The number of rotatable bonds is 8. The Labute approximate surface area is 194 Å². The maximum Gasteiger partial charge on any atom is 0.264 e. The van der Waals surface area contributed by atoms with Crippen LogP contribution in [0.4, 0.5) is 0 Å². The Morgan fingerprint density at radius 1 is 1.28 bits per heavy atom. The van der Waals surface area contributed by atoms with Gasteiger partial charge in [0.1, 0.15) is 5.75 Å². The van der Waals surface area contributed by atoms with Gasteiger partial charge in [0.2, 0.25) is 0 Å². The number of aromatic nitrogens is 2. The number of hydrogen-bond donors (Lipinski definition) is 0. The Hall–Kier alpha value is -2.64. The zero-order valence-corrected chi connectivity index (χ0v) is 20.0. The van der Waals surface area contributed by atoms with Gasteiger partial charge in [-0.3, -0.25) is 14.4 Å². The summed E-state index contributed by atoms with van der Waals surface area (Å²) in [6, 6.07) is 10.4. The molecular weight excluding hydrogens is 420 g/mol. The minimum absolute atomic E-state index is 0.167. The first-order valence-corrected chi connectivity index (χ1v) is 12.1. The van der Waals surface area contributed by atoms with Gasteiger partial charge in [0, 0.05) is 50.9 Å². The first kappa shape index (κ1) is 22.6. The molecule has 1 aliphatic rings. The molecule has 0 bridgehead atoms. The number of hydrogen-bond acceptors (Lipinski definition) is 5. The monoisotopic (exact) mass is 452 g/mol. The van der Waals surface area contributed by atoms with E-state index in [1.54, 1.807) is 0 Å². The third-order valence-electron chi connectivity index (χ3n) is 5.91. The highest BCUT2D eigenvalue weighted by Crippen LogP contribution is 2.24. The second-order valence-corrected chi connectivity index (χ2v) is 9.76. The van der Waals surface area contributed by atoms with Crippen molar-refractivity contribution < 1.29 is 9.53 Å². The van der Waals surface area contributed by atoms with Gasteiger partial charge >= 0.3 is 0 Å². The number of thiophene rings is 1. The number of piperidine rings is 1. The first-order chi connectivity index (χ1) is 15.5. The molecule has 32 heavy (non-hydrogen) atoms. The lowest BCUT2D eigenvalue weighted by Gasteiger charge is -2.32. The Balaban J connectivity index is 1.29. The van der Waals surface area contributed by atoms with Crippen LogP contribution < -0.4 is 4.74 Å². The molecular formula is C25H32N4O2S. The lowest BCUT2D eigenvalue weighted by Crippen LogP contribution is -2.41. The first-order valence-electron chi connectivity index (χ1n) is 11.2. The number of benzene rings is 1. The molecule has 1 aromatic carbocycles. The van der Waals surface area contributed by atoms with Crippen molar-refractivity contribution in [3.05, 3.63) is 69.7 Å². The largest absolute Gasteiger partial charge is 0.493 e. The number of aryl methyl sites for hydroxylation is 2. The Morgan fingerprint density at radius 2 is 2.12 bits per heavy atom. The molecule has 3 heterocycles. The van der Waals surface area contributed by atoms with E-state index in [9.17, 15) is 4.79 Å². The topological polar surface area (TPSA) is 50.6 Å². The molecule has 0 aliphatic carbocycles. The second kappa shape index (κ2) is 10.3. The van der Waals surface area contributed by atoms with Gasteiger partial charge in [-0.25, -0.2) is 0 Å². The van der Waals surface area contributed by atoms with E-state index < -0.39 is 0 Å². The third kappa shape index (κ3) is 5.78. The van der Waals surface area contributed by atoms with Crippen molar-refractivity contribution >= 4 is 17.2 Å². The van der Waals surface area contributed by atoms with Crippen molar-refractivity contribution in [1.82, 2.24) is 19.6 Å². The summed E-state index contributed by atoms with van der Waals surface area (Å²) in [6.07, 6.45) is 6.09. The normalized spacial score (nSPS) is 16.5.